The Kier molecular flexibility index (Phi) is 5.07. The van der Waals surface area contributed by atoms with Crippen molar-refractivity contribution in [3.8, 4) is 11.5 Å². The van der Waals surface area contributed by atoms with Gasteiger partial charge < -0.3 is 14.8 Å². The zero-order valence-corrected chi connectivity index (χ0v) is 8.77. The van der Waals surface area contributed by atoms with E-state index < -0.39 is 0 Å². The molecule has 0 unspecified atom stereocenters. The van der Waals surface area contributed by atoms with Crippen molar-refractivity contribution in [2.75, 3.05) is 26.6 Å². The number of nitrogens with one attached hydrogen (secondary N) is 1. The van der Waals surface area contributed by atoms with Gasteiger partial charge in [0.1, 0.15) is 11.5 Å². The second kappa shape index (κ2) is 5.54. The molecule has 0 saturated carbocycles. The molecule has 0 aliphatic carbocycles. The van der Waals surface area contributed by atoms with Gasteiger partial charge in [0.25, 0.3) is 0 Å². The summed E-state index contributed by atoms with van der Waals surface area (Å²) in [4.78, 5) is 0. The minimum atomic E-state index is 0. The summed E-state index contributed by atoms with van der Waals surface area (Å²) in [7, 11) is 5.12. The molecule has 74 valence electrons. The van der Waals surface area contributed by atoms with Gasteiger partial charge in [-0.05, 0) is 12.1 Å². The minimum Gasteiger partial charge on any atom is -0.497 e. The van der Waals surface area contributed by atoms with Crippen molar-refractivity contribution in [2.45, 2.75) is 0 Å². The molecule has 0 saturated heterocycles. The lowest BCUT2D eigenvalue weighted by Crippen LogP contribution is -1.94. The molecule has 1 rings (SSSR count). The van der Waals surface area contributed by atoms with Gasteiger partial charge in [0.05, 0.1) is 19.9 Å². The molecule has 0 aliphatic rings. The molecule has 13 heavy (non-hydrogen) atoms. The third-order valence-corrected chi connectivity index (χ3v) is 1.68. The number of methoxy groups -OCH3 is 2. The quantitative estimate of drug-likeness (QED) is 0.817. The van der Waals surface area contributed by atoms with Crippen LogP contribution in [0, 0.1) is 0 Å². The lowest BCUT2D eigenvalue weighted by atomic mass is 10.3. The molecule has 3 nitrogen and oxygen atoms in total. The van der Waals surface area contributed by atoms with Crippen LogP contribution in [-0.2, 0) is 0 Å². The number of anilines is 1. The van der Waals surface area contributed by atoms with Gasteiger partial charge >= 0.3 is 0 Å². The van der Waals surface area contributed by atoms with Crippen LogP contribution in [0.3, 0.4) is 0 Å². The van der Waals surface area contributed by atoms with Crippen LogP contribution in [0.15, 0.2) is 18.2 Å². The first-order chi connectivity index (χ1) is 5.81. The Hall–Kier alpha value is -1.09. The van der Waals surface area contributed by atoms with Crippen LogP contribution < -0.4 is 14.8 Å². The van der Waals surface area contributed by atoms with Gasteiger partial charge in [-0.3, -0.25) is 0 Å². The highest BCUT2D eigenvalue weighted by molar-refractivity contribution is 5.85. The Labute approximate surface area is 84.5 Å². The van der Waals surface area contributed by atoms with Crippen molar-refractivity contribution in [1.29, 1.82) is 0 Å². The minimum absolute atomic E-state index is 0. The molecule has 4 heteroatoms. The van der Waals surface area contributed by atoms with E-state index in [0.717, 1.165) is 17.2 Å². The van der Waals surface area contributed by atoms with Gasteiger partial charge in [0, 0.05) is 13.1 Å². The summed E-state index contributed by atoms with van der Waals surface area (Å²) in [5.41, 5.74) is 0.957. The molecular formula is C9H14ClNO2. The fourth-order valence-corrected chi connectivity index (χ4v) is 1.01. The molecule has 0 aromatic heterocycles. The zero-order chi connectivity index (χ0) is 8.97. The third-order valence-electron chi connectivity index (χ3n) is 1.68. The molecule has 1 aromatic rings. The molecule has 1 aromatic carbocycles. The van der Waals surface area contributed by atoms with Crippen molar-refractivity contribution < 1.29 is 9.47 Å². The number of hydrogen-bond acceptors (Lipinski definition) is 3. The third kappa shape index (κ3) is 2.70. The van der Waals surface area contributed by atoms with E-state index in [-0.39, 0.29) is 12.4 Å². The number of hydrogen-bond donors (Lipinski definition) is 1. The van der Waals surface area contributed by atoms with Gasteiger partial charge in [-0.2, -0.15) is 0 Å². The Morgan fingerprint density at radius 1 is 1.15 bits per heavy atom. The van der Waals surface area contributed by atoms with E-state index in [2.05, 4.69) is 5.32 Å². The van der Waals surface area contributed by atoms with E-state index in [0.29, 0.717) is 0 Å². The zero-order valence-electron chi connectivity index (χ0n) is 7.96. The predicted molar refractivity (Wildman–Crippen MR) is 56.3 cm³/mol. The van der Waals surface area contributed by atoms with E-state index in [1.54, 1.807) is 14.2 Å². The van der Waals surface area contributed by atoms with Gasteiger partial charge in [0.2, 0.25) is 0 Å². The van der Waals surface area contributed by atoms with E-state index in [4.69, 9.17) is 9.47 Å². The lowest BCUT2D eigenvalue weighted by Gasteiger charge is -2.08. The molecule has 0 aliphatic heterocycles. The normalized spacial score (nSPS) is 8.54. The smallest absolute Gasteiger partial charge is 0.145 e. The van der Waals surface area contributed by atoms with Crippen molar-refractivity contribution >= 4 is 18.1 Å². The summed E-state index contributed by atoms with van der Waals surface area (Å²) in [5.74, 6) is 1.59. The predicted octanol–water partition coefficient (Wildman–Crippen LogP) is 2.17. The second-order valence-electron chi connectivity index (χ2n) is 2.32. The second-order valence-corrected chi connectivity index (χ2v) is 2.32. The maximum atomic E-state index is 5.14. The Balaban J connectivity index is 0.00000144. The van der Waals surface area contributed by atoms with Gasteiger partial charge in [-0.1, -0.05) is 0 Å². The summed E-state index contributed by atoms with van der Waals surface area (Å²) in [6, 6.07) is 5.64. The Bertz CT molecular complexity index is 266. The SMILES string of the molecule is CNc1ccc(OC)cc1OC.Cl. The topological polar surface area (TPSA) is 30.5 Å². The summed E-state index contributed by atoms with van der Waals surface area (Å²) in [6.45, 7) is 0. The first-order valence-electron chi connectivity index (χ1n) is 3.71. The number of rotatable bonds is 3. The largest absolute Gasteiger partial charge is 0.497 e. The van der Waals surface area contributed by atoms with Crippen molar-refractivity contribution in [2.24, 2.45) is 0 Å². The molecule has 1 N–H and O–H groups in total. The maximum Gasteiger partial charge on any atom is 0.145 e. The monoisotopic (exact) mass is 203 g/mol. The molecule has 0 heterocycles. The molecule has 0 atom stereocenters. The fraction of sp³-hybridized carbons (Fsp3) is 0.333. The standard InChI is InChI=1S/C9H13NO2.ClH/c1-10-8-5-4-7(11-2)6-9(8)12-3;/h4-6,10H,1-3H3;1H. The van der Waals surface area contributed by atoms with E-state index in [1.807, 2.05) is 25.2 Å². The fourth-order valence-electron chi connectivity index (χ4n) is 1.01. The first kappa shape index (κ1) is 11.9. The highest BCUT2D eigenvalue weighted by atomic mass is 35.5. The van der Waals surface area contributed by atoms with E-state index >= 15 is 0 Å². The summed E-state index contributed by atoms with van der Waals surface area (Å²) in [5, 5.41) is 3.02. The van der Waals surface area contributed by atoms with Crippen LogP contribution in [0.2, 0.25) is 0 Å². The molecule has 0 bridgehead atoms. The van der Waals surface area contributed by atoms with Crippen molar-refractivity contribution in [3.05, 3.63) is 18.2 Å². The van der Waals surface area contributed by atoms with Crippen LogP contribution in [0.1, 0.15) is 0 Å². The number of halogens is 1. The first-order valence-corrected chi connectivity index (χ1v) is 3.71. The van der Waals surface area contributed by atoms with E-state index in [9.17, 15) is 0 Å². The van der Waals surface area contributed by atoms with Gasteiger partial charge in [-0.15, -0.1) is 12.4 Å². The molecular weight excluding hydrogens is 190 g/mol. The lowest BCUT2D eigenvalue weighted by molar-refractivity contribution is 0.395. The molecule has 0 spiro atoms. The molecule has 0 amide bonds. The van der Waals surface area contributed by atoms with Crippen LogP contribution in [-0.4, -0.2) is 21.3 Å². The average molecular weight is 204 g/mol. The Morgan fingerprint density at radius 3 is 2.31 bits per heavy atom. The van der Waals surface area contributed by atoms with Crippen LogP contribution >= 0.6 is 12.4 Å². The Morgan fingerprint density at radius 2 is 1.85 bits per heavy atom. The molecule has 0 radical (unpaired) electrons. The maximum absolute atomic E-state index is 5.14. The van der Waals surface area contributed by atoms with Crippen LogP contribution in [0.5, 0.6) is 11.5 Å². The van der Waals surface area contributed by atoms with Crippen LogP contribution in [0.4, 0.5) is 5.69 Å². The molecule has 0 fully saturated rings. The average Bonchev–Trinajstić information content (AvgIpc) is 2.16. The van der Waals surface area contributed by atoms with Crippen molar-refractivity contribution in [1.82, 2.24) is 0 Å². The highest BCUT2D eigenvalue weighted by Gasteiger charge is 2.01. The van der Waals surface area contributed by atoms with Gasteiger partial charge in [0.15, 0.2) is 0 Å². The highest BCUT2D eigenvalue weighted by Crippen LogP contribution is 2.28. The number of benzene rings is 1. The van der Waals surface area contributed by atoms with Crippen molar-refractivity contribution in [3.63, 3.8) is 0 Å². The van der Waals surface area contributed by atoms with Gasteiger partial charge in [-0.25, -0.2) is 0 Å². The van der Waals surface area contributed by atoms with Crippen LogP contribution in [0.25, 0.3) is 0 Å². The van der Waals surface area contributed by atoms with E-state index in [1.165, 1.54) is 0 Å². The number of ether oxygens (including phenoxy) is 2. The summed E-state index contributed by atoms with van der Waals surface area (Å²) >= 11 is 0. The summed E-state index contributed by atoms with van der Waals surface area (Å²) in [6.07, 6.45) is 0. The summed E-state index contributed by atoms with van der Waals surface area (Å²) < 4.78 is 10.2.